The Morgan fingerprint density at radius 1 is 1.16 bits per heavy atom. The molecule has 1 heterocycles. The summed E-state index contributed by atoms with van der Waals surface area (Å²) in [5, 5.41) is -0.452. The molecule has 2 rings (SSSR count). The molecule has 1 aromatic rings. The van der Waals surface area contributed by atoms with Crippen molar-refractivity contribution in [2.45, 2.75) is 38.1 Å². The van der Waals surface area contributed by atoms with E-state index >= 15 is 0 Å². The lowest BCUT2D eigenvalue weighted by Crippen LogP contribution is -2.43. The van der Waals surface area contributed by atoms with Gasteiger partial charge in [0.15, 0.2) is 9.84 Å². The maximum absolute atomic E-state index is 12.6. The van der Waals surface area contributed by atoms with E-state index in [9.17, 15) is 26.4 Å². The lowest BCUT2D eigenvalue weighted by atomic mass is 10.1. The second kappa shape index (κ2) is 7.35. The lowest BCUT2D eigenvalue weighted by molar-refractivity contribution is -0.137. The van der Waals surface area contributed by atoms with Gasteiger partial charge >= 0.3 is 6.18 Å². The summed E-state index contributed by atoms with van der Waals surface area (Å²) in [6.45, 7) is 4.28. The first-order valence-electron chi connectivity index (χ1n) is 8.19. The van der Waals surface area contributed by atoms with Crippen LogP contribution in [0.4, 0.5) is 13.2 Å². The fourth-order valence-electron chi connectivity index (χ4n) is 3.00. The van der Waals surface area contributed by atoms with Crippen LogP contribution in [-0.2, 0) is 16.0 Å². The highest BCUT2D eigenvalue weighted by Gasteiger charge is 2.33. The van der Waals surface area contributed by atoms with E-state index in [1.54, 1.807) is 0 Å². The van der Waals surface area contributed by atoms with Crippen molar-refractivity contribution in [2.24, 2.45) is 5.92 Å². The first-order valence-corrected chi connectivity index (χ1v) is 9.90. The third-order valence-electron chi connectivity index (χ3n) is 4.26. The van der Waals surface area contributed by atoms with Gasteiger partial charge in [-0.3, -0.25) is 4.79 Å². The van der Waals surface area contributed by atoms with Crippen molar-refractivity contribution in [3.63, 3.8) is 0 Å². The summed E-state index contributed by atoms with van der Waals surface area (Å²) in [6, 6.07) is 4.08. The molecule has 1 amide bonds. The van der Waals surface area contributed by atoms with Crippen molar-refractivity contribution in [3.8, 4) is 0 Å². The van der Waals surface area contributed by atoms with Crippen LogP contribution in [0.5, 0.6) is 0 Å². The first kappa shape index (κ1) is 19.8. The number of piperidine rings is 1. The smallest absolute Gasteiger partial charge is 0.339 e. The van der Waals surface area contributed by atoms with Crippen LogP contribution < -0.4 is 0 Å². The molecule has 0 radical (unpaired) electrons. The Balaban J connectivity index is 2.00. The zero-order valence-electron chi connectivity index (χ0n) is 14.2. The zero-order valence-corrected chi connectivity index (χ0v) is 15.0. The van der Waals surface area contributed by atoms with Crippen LogP contribution in [0.3, 0.4) is 0 Å². The largest absolute Gasteiger partial charge is 0.416 e. The summed E-state index contributed by atoms with van der Waals surface area (Å²) >= 11 is 0. The van der Waals surface area contributed by atoms with Gasteiger partial charge in [-0.25, -0.2) is 8.42 Å². The second-order valence-corrected chi connectivity index (χ2v) is 9.12. The normalized spacial score (nSPS) is 17.1. The third-order valence-corrected chi connectivity index (χ3v) is 6.88. The maximum atomic E-state index is 12.6. The molecular formula is C17H22F3NO3S. The topological polar surface area (TPSA) is 54.5 Å². The summed E-state index contributed by atoms with van der Waals surface area (Å²) in [7, 11) is -3.18. The van der Waals surface area contributed by atoms with Gasteiger partial charge in [0.1, 0.15) is 0 Å². The fraction of sp³-hybridized carbons (Fsp3) is 0.588. The number of carbonyl (C=O) groups excluding carboxylic acids is 1. The number of alkyl halides is 3. The molecular weight excluding hydrogens is 355 g/mol. The molecule has 0 bridgehead atoms. The summed E-state index contributed by atoms with van der Waals surface area (Å²) in [5.74, 6) is -0.185. The van der Waals surface area contributed by atoms with Crippen molar-refractivity contribution in [1.29, 1.82) is 0 Å². The van der Waals surface area contributed by atoms with Crippen LogP contribution >= 0.6 is 0 Å². The van der Waals surface area contributed by atoms with Gasteiger partial charge in [0, 0.05) is 18.7 Å². The van der Waals surface area contributed by atoms with E-state index in [1.807, 2.05) is 13.8 Å². The average molecular weight is 377 g/mol. The van der Waals surface area contributed by atoms with Crippen LogP contribution in [0.1, 0.15) is 42.6 Å². The molecule has 0 atom stereocenters. The Hall–Kier alpha value is -1.57. The van der Waals surface area contributed by atoms with Crippen molar-refractivity contribution >= 4 is 15.7 Å². The quantitative estimate of drug-likeness (QED) is 0.808. The summed E-state index contributed by atoms with van der Waals surface area (Å²) in [4.78, 5) is 13.9. The van der Waals surface area contributed by atoms with Gasteiger partial charge in [0.25, 0.3) is 5.91 Å². The second-order valence-electron chi connectivity index (χ2n) is 6.79. The van der Waals surface area contributed by atoms with E-state index < -0.39 is 26.8 Å². The van der Waals surface area contributed by atoms with E-state index in [0.717, 1.165) is 24.3 Å². The number of hydrogen-bond acceptors (Lipinski definition) is 3. The number of halogens is 3. The number of rotatable bonds is 4. The minimum Gasteiger partial charge on any atom is -0.339 e. The lowest BCUT2D eigenvalue weighted by Gasteiger charge is -2.32. The molecule has 0 aromatic heterocycles. The number of amides is 1. The van der Waals surface area contributed by atoms with E-state index in [-0.39, 0.29) is 23.1 Å². The molecule has 1 fully saturated rings. The average Bonchev–Trinajstić information content (AvgIpc) is 2.52. The maximum Gasteiger partial charge on any atom is 0.416 e. The minimum atomic E-state index is -4.44. The van der Waals surface area contributed by atoms with Gasteiger partial charge in [0.2, 0.25) is 0 Å². The molecule has 0 saturated carbocycles. The fourth-order valence-corrected chi connectivity index (χ4v) is 5.13. The van der Waals surface area contributed by atoms with Gasteiger partial charge in [-0.05, 0) is 43.0 Å². The SMILES string of the molecule is CC(C)CS(=O)(=O)C1CCN(C(=O)c2ccc(C(F)(F)F)cc2)CC1. The van der Waals surface area contributed by atoms with Crippen molar-refractivity contribution < 1.29 is 26.4 Å². The van der Waals surface area contributed by atoms with Gasteiger partial charge in [-0.15, -0.1) is 0 Å². The summed E-state index contributed by atoms with van der Waals surface area (Å²) in [5.41, 5.74) is -0.626. The molecule has 25 heavy (non-hydrogen) atoms. The number of nitrogens with zero attached hydrogens (tertiary/aromatic N) is 1. The molecule has 1 aromatic carbocycles. The molecule has 0 aliphatic carbocycles. The van der Waals surface area contributed by atoms with Crippen LogP contribution in [0, 0.1) is 5.92 Å². The number of carbonyl (C=O) groups is 1. The summed E-state index contributed by atoms with van der Waals surface area (Å²) < 4.78 is 62.2. The highest BCUT2D eigenvalue weighted by Crippen LogP contribution is 2.29. The Morgan fingerprint density at radius 2 is 1.68 bits per heavy atom. The van der Waals surface area contributed by atoms with Crippen molar-refractivity contribution in [1.82, 2.24) is 4.90 Å². The number of sulfone groups is 1. The monoisotopic (exact) mass is 377 g/mol. The Kier molecular flexibility index (Phi) is 5.81. The molecule has 0 unspecified atom stereocenters. The van der Waals surface area contributed by atoms with E-state index in [0.29, 0.717) is 25.9 Å². The molecule has 0 spiro atoms. The molecule has 4 nitrogen and oxygen atoms in total. The van der Waals surface area contributed by atoms with Crippen molar-refractivity contribution in [2.75, 3.05) is 18.8 Å². The van der Waals surface area contributed by atoms with Gasteiger partial charge < -0.3 is 4.90 Å². The standard InChI is InChI=1S/C17H22F3NO3S/c1-12(2)11-25(23,24)15-7-9-21(10-8-15)16(22)13-3-5-14(6-4-13)17(18,19)20/h3-6,12,15H,7-11H2,1-2H3. The van der Waals surface area contributed by atoms with Crippen LogP contribution in [-0.4, -0.2) is 43.3 Å². The van der Waals surface area contributed by atoms with Crippen LogP contribution in [0.15, 0.2) is 24.3 Å². The number of likely N-dealkylation sites (tertiary alicyclic amines) is 1. The van der Waals surface area contributed by atoms with E-state index in [2.05, 4.69) is 0 Å². The highest BCUT2D eigenvalue weighted by atomic mass is 32.2. The van der Waals surface area contributed by atoms with E-state index in [1.165, 1.54) is 4.90 Å². The molecule has 1 saturated heterocycles. The predicted octanol–water partition coefficient (Wildman–Crippen LogP) is 3.38. The van der Waals surface area contributed by atoms with Crippen LogP contribution in [0.2, 0.25) is 0 Å². The minimum absolute atomic E-state index is 0.0526. The predicted molar refractivity (Wildman–Crippen MR) is 89.0 cm³/mol. The molecule has 8 heteroatoms. The van der Waals surface area contributed by atoms with E-state index in [4.69, 9.17) is 0 Å². The first-order chi connectivity index (χ1) is 11.5. The Labute approximate surface area is 145 Å². The molecule has 1 aliphatic heterocycles. The Bertz CT molecular complexity index is 704. The Morgan fingerprint density at radius 3 is 2.12 bits per heavy atom. The molecule has 1 aliphatic rings. The number of benzene rings is 1. The molecule has 0 N–H and O–H groups in total. The molecule has 140 valence electrons. The van der Waals surface area contributed by atoms with Gasteiger partial charge in [-0.2, -0.15) is 13.2 Å². The highest BCUT2D eigenvalue weighted by molar-refractivity contribution is 7.92. The third kappa shape index (κ3) is 4.96. The number of hydrogen-bond donors (Lipinski definition) is 0. The van der Waals surface area contributed by atoms with Crippen LogP contribution in [0.25, 0.3) is 0 Å². The van der Waals surface area contributed by atoms with Crippen molar-refractivity contribution in [3.05, 3.63) is 35.4 Å². The van der Waals surface area contributed by atoms with Gasteiger partial charge in [0.05, 0.1) is 16.6 Å². The van der Waals surface area contributed by atoms with Gasteiger partial charge in [-0.1, -0.05) is 13.8 Å². The zero-order chi connectivity index (χ0) is 18.8. The summed E-state index contributed by atoms with van der Waals surface area (Å²) in [6.07, 6.45) is -3.71.